The Bertz CT molecular complexity index is 556. The van der Waals surface area contributed by atoms with Crippen LogP contribution in [0.15, 0.2) is 18.2 Å². The predicted octanol–water partition coefficient (Wildman–Crippen LogP) is 2.16. The second kappa shape index (κ2) is 6.17. The zero-order valence-electron chi connectivity index (χ0n) is 11.5. The largest absolute Gasteiger partial charge is 0.394 e. The van der Waals surface area contributed by atoms with E-state index in [1.165, 1.54) is 6.07 Å². The molecule has 7 heteroatoms. The number of hydrogen-bond acceptors (Lipinski definition) is 4. The molecule has 114 valence electrons. The molecule has 21 heavy (non-hydrogen) atoms. The van der Waals surface area contributed by atoms with Crippen LogP contribution in [0.2, 0.25) is 0 Å². The Morgan fingerprint density at radius 1 is 1.38 bits per heavy atom. The molecule has 6 nitrogen and oxygen atoms in total. The van der Waals surface area contributed by atoms with Crippen LogP contribution in [0.25, 0.3) is 0 Å². The number of hydrogen-bond donors (Lipinski definition) is 2. The van der Waals surface area contributed by atoms with Gasteiger partial charge in [0, 0.05) is 11.6 Å². The van der Waals surface area contributed by atoms with E-state index in [-0.39, 0.29) is 12.2 Å². The number of aliphatic hydroxyl groups is 1. The fourth-order valence-corrected chi connectivity index (χ4v) is 2.66. The first-order valence-corrected chi connectivity index (χ1v) is 6.85. The first-order chi connectivity index (χ1) is 9.97. The molecular weight excluding hydrogens is 279 g/mol. The fraction of sp³-hybridized carbons (Fsp3) is 0.500. The van der Waals surface area contributed by atoms with Gasteiger partial charge in [0.2, 0.25) is 5.82 Å². The van der Waals surface area contributed by atoms with Gasteiger partial charge in [-0.1, -0.05) is 19.3 Å². The van der Waals surface area contributed by atoms with Gasteiger partial charge in [0.25, 0.3) is 5.91 Å². The van der Waals surface area contributed by atoms with Crippen LogP contribution >= 0.6 is 0 Å². The van der Waals surface area contributed by atoms with Crippen molar-refractivity contribution in [2.45, 2.75) is 37.6 Å². The summed E-state index contributed by atoms with van der Waals surface area (Å²) in [5.41, 5.74) is -1.33. The lowest BCUT2D eigenvalue weighted by Crippen LogP contribution is -2.52. The van der Waals surface area contributed by atoms with Gasteiger partial charge >= 0.3 is 5.69 Å². The van der Waals surface area contributed by atoms with Gasteiger partial charge in [0.15, 0.2) is 0 Å². The molecule has 0 atom stereocenters. The van der Waals surface area contributed by atoms with Crippen LogP contribution in [0.4, 0.5) is 10.1 Å². The highest BCUT2D eigenvalue weighted by Gasteiger charge is 2.33. The van der Waals surface area contributed by atoms with Gasteiger partial charge < -0.3 is 10.4 Å². The molecule has 1 saturated carbocycles. The van der Waals surface area contributed by atoms with Crippen molar-refractivity contribution in [3.8, 4) is 0 Å². The van der Waals surface area contributed by atoms with Crippen molar-refractivity contribution in [3.63, 3.8) is 0 Å². The molecule has 0 unspecified atom stereocenters. The number of benzene rings is 1. The van der Waals surface area contributed by atoms with E-state index in [1.807, 2.05) is 0 Å². The smallest absolute Gasteiger partial charge is 0.304 e. The summed E-state index contributed by atoms with van der Waals surface area (Å²) in [6.07, 6.45) is 4.23. The Morgan fingerprint density at radius 2 is 2.05 bits per heavy atom. The highest BCUT2D eigenvalue weighted by Crippen LogP contribution is 2.28. The van der Waals surface area contributed by atoms with Crippen molar-refractivity contribution in [1.29, 1.82) is 0 Å². The van der Waals surface area contributed by atoms with E-state index in [9.17, 15) is 24.4 Å². The third kappa shape index (κ3) is 3.36. The number of amides is 1. The summed E-state index contributed by atoms with van der Waals surface area (Å²) in [4.78, 5) is 21.9. The molecule has 0 saturated heterocycles. The monoisotopic (exact) mass is 296 g/mol. The molecule has 0 spiro atoms. The summed E-state index contributed by atoms with van der Waals surface area (Å²) < 4.78 is 13.5. The first-order valence-electron chi connectivity index (χ1n) is 6.85. The lowest BCUT2D eigenvalue weighted by atomic mass is 9.82. The van der Waals surface area contributed by atoms with E-state index in [2.05, 4.69) is 5.32 Å². The number of nitro groups is 1. The number of rotatable bonds is 4. The van der Waals surface area contributed by atoms with Crippen LogP contribution < -0.4 is 5.32 Å². The maximum Gasteiger partial charge on any atom is 0.304 e. The predicted molar refractivity (Wildman–Crippen MR) is 73.4 cm³/mol. The summed E-state index contributed by atoms with van der Waals surface area (Å²) in [7, 11) is 0. The minimum atomic E-state index is -1.05. The molecule has 2 rings (SSSR count). The zero-order valence-corrected chi connectivity index (χ0v) is 11.5. The van der Waals surface area contributed by atoms with Crippen LogP contribution in [-0.4, -0.2) is 28.1 Å². The van der Waals surface area contributed by atoms with Gasteiger partial charge in [0.1, 0.15) is 0 Å². The highest BCUT2D eigenvalue weighted by atomic mass is 19.1. The molecule has 0 aliphatic heterocycles. The number of aliphatic hydroxyl groups excluding tert-OH is 1. The molecule has 1 aliphatic rings. The van der Waals surface area contributed by atoms with Gasteiger partial charge in [-0.15, -0.1) is 0 Å². The van der Waals surface area contributed by atoms with Crippen LogP contribution in [0, 0.1) is 15.9 Å². The van der Waals surface area contributed by atoms with Crippen LogP contribution in [0.1, 0.15) is 42.5 Å². The maximum atomic E-state index is 13.5. The number of carbonyl (C=O) groups is 1. The topological polar surface area (TPSA) is 92.5 Å². The van der Waals surface area contributed by atoms with Crippen molar-refractivity contribution >= 4 is 11.6 Å². The van der Waals surface area contributed by atoms with E-state index in [0.717, 1.165) is 31.4 Å². The second-order valence-electron chi connectivity index (χ2n) is 5.38. The van der Waals surface area contributed by atoms with Gasteiger partial charge in [-0.25, -0.2) is 0 Å². The summed E-state index contributed by atoms with van der Waals surface area (Å²) in [5, 5.41) is 22.8. The molecule has 1 amide bonds. The molecule has 0 heterocycles. The summed E-state index contributed by atoms with van der Waals surface area (Å²) in [5.74, 6) is -1.57. The highest BCUT2D eigenvalue weighted by molar-refractivity contribution is 5.95. The molecule has 1 fully saturated rings. The molecule has 0 aromatic heterocycles. The van der Waals surface area contributed by atoms with Crippen molar-refractivity contribution in [2.24, 2.45) is 0 Å². The molecule has 0 bridgehead atoms. The van der Waals surface area contributed by atoms with Crippen LogP contribution in [0.5, 0.6) is 0 Å². The quantitative estimate of drug-likeness (QED) is 0.657. The van der Waals surface area contributed by atoms with Gasteiger partial charge in [-0.05, 0) is 25.0 Å². The van der Waals surface area contributed by atoms with Crippen molar-refractivity contribution in [3.05, 3.63) is 39.7 Å². The number of nitrogens with one attached hydrogen (secondary N) is 1. The summed E-state index contributed by atoms with van der Waals surface area (Å²) >= 11 is 0. The lowest BCUT2D eigenvalue weighted by molar-refractivity contribution is -0.387. The van der Waals surface area contributed by atoms with Crippen molar-refractivity contribution < 1.29 is 19.2 Å². The van der Waals surface area contributed by atoms with Crippen LogP contribution in [-0.2, 0) is 0 Å². The molecule has 0 radical (unpaired) electrons. The fourth-order valence-electron chi connectivity index (χ4n) is 2.66. The van der Waals surface area contributed by atoms with E-state index < -0.39 is 27.9 Å². The Balaban J connectivity index is 2.16. The molecule has 1 aliphatic carbocycles. The SMILES string of the molecule is O=C(NC1(CO)CCCCC1)c1ccc([N+](=O)[O-])c(F)c1. The maximum absolute atomic E-state index is 13.5. The Hall–Kier alpha value is -2.02. The third-order valence-electron chi connectivity index (χ3n) is 3.90. The van der Waals surface area contributed by atoms with Crippen molar-refractivity contribution in [1.82, 2.24) is 5.32 Å². The van der Waals surface area contributed by atoms with E-state index in [1.54, 1.807) is 0 Å². The first kappa shape index (κ1) is 15.4. The van der Waals surface area contributed by atoms with Crippen molar-refractivity contribution in [2.75, 3.05) is 6.61 Å². The Morgan fingerprint density at radius 3 is 2.57 bits per heavy atom. The van der Waals surface area contributed by atoms with E-state index in [4.69, 9.17) is 0 Å². The molecule has 1 aromatic rings. The summed E-state index contributed by atoms with van der Waals surface area (Å²) in [6.45, 7) is -0.172. The van der Waals surface area contributed by atoms with Gasteiger partial charge in [-0.3, -0.25) is 14.9 Å². The summed E-state index contributed by atoms with van der Waals surface area (Å²) in [6, 6.07) is 3.03. The number of nitro benzene ring substituents is 1. The van der Waals surface area contributed by atoms with Gasteiger partial charge in [0.05, 0.1) is 17.1 Å². The third-order valence-corrected chi connectivity index (χ3v) is 3.90. The Labute approximate surface area is 121 Å². The van der Waals surface area contributed by atoms with Gasteiger partial charge in [-0.2, -0.15) is 4.39 Å². The number of nitrogens with zero attached hydrogens (tertiary/aromatic N) is 1. The minimum Gasteiger partial charge on any atom is -0.394 e. The average Bonchev–Trinajstić information content (AvgIpc) is 2.47. The average molecular weight is 296 g/mol. The number of carbonyl (C=O) groups excluding carboxylic acids is 1. The second-order valence-corrected chi connectivity index (χ2v) is 5.38. The minimum absolute atomic E-state index is 0.0106. The standard InChI is InChI=1S/C14H17FN2O4/c15-11-8-10(4-5-12(11)17(20)21)13(19)16-14(9-18)6-2-1-3-7-14/h4-5,8,18H,1-3,6-7,9H2,(H,16,19). The lowest BCUT2D eigenvalue weighted by Gasteiger charge is -2.36. The normalized spacial score (nSPS) is 17.2. The molecule has 1 aromatic carbocycles. The molecular formula is C14H17FN2O4. The molecule has 2 N–H and O–H groups in total. The van der Waals surface area contributed by atoms with E-state index >= 15 is 0 Å². The number of halogens is 1. The van der Waals surface area contributed by atoms with E-state index in [0.29, 0.717) is 12.8 Å². The Kier molecular flexibility index (Phi) is 4.52. The zero-order chi connectivity index (χ0) is 15.5. The van der Waals surface area contributed by atoms with Crippen LogP contribution in [0.3, 0.4) is 0 Å².